The van der Waals surface area contributed by atoms with Crippen LogP contribution < -0.4 is 4.90 Å². The monoisotopic (exact) mass is 230 g/mol. The van der Waals surface area contributed by atoms with E-state index in [1.165, 1.54) is 0 Å². The normalized spacial score (nSPS) is 10.2. The predicted octanol–water partition coefficient (Wildman–Crippen LogP) is 2.51. The lowest BCUT2D eigenvalue weighted by atomic mass is 10.3. The van der Waals surface area contributed by atoms with Crippen molar-refractivity contribution in [3.05, 3.63) is 48.0 Å². The van der Waals surface area contributed by atoms with Crippen molar-refractivity contribution >= 4 is 12.2 Å². The second kappa shape index (κ2) is 5.30. The molecule has 17 heavy (non-hydrogen) atoms. The van der Waals surface area contributed by atoms with Gasteiger partial charge in [-0.3, -0.25) is 9.78 Å². The summed E-state index contributed by atoms with van der Waals surface area (Å²) in [5.41, 5.74) is 0.971. The summed E-state index contributed by atoms with van der Waals surface area (Å²) in [7, 11) is 0. The van der Waals surface area contributed by atoms with Crippen molar-refractivity contribution in [2.45, 2.75) is 13.5 Å². The average Bonchev–Trinajstić information content (AvgIpc) is 2.86. The minimum absolute atomic E-state index is 0.347. The first-order valence-corrected chi connectivity index (χ1v) is 5.53. The number of carbonyl (C=O) groups excluding carboxylic acids is 1. The summed E-state index contributed by atoms with van der Waals surface area (Å²) in [5.74, 6) is 1.04. The maximum Gasteiger partial charge on any atom is 0.196 e. The van der Waals surface area contributed by atoms with Crippen LogP contribution in [0.4, 0.5) is 5.88 Å². The van der Waals surface area contributed by atoms with Crippen molar-refractivity contribution < 1.29 is 9.21 Å². The molecule has 0 aromatic carbocycles. The van der Waals surface area contributed by atoms with Gasteiger partial charge in [-0.15, -0.1) is 0 Å². The van der Waals surface area contributed by atoms with Crippen molar-refractivity contribution in [3.63, 3.8) is 0 Å². The van der Waals surface area contributed by atoms with Gasteiger partial charge < -0.3 is 9.32 Å². The molecule has 2 aromatic rings. The van der Waals surface area contributed by atoms with Crippen molar-refractivity contribution in [3.8, 4) is 0 Å². The molecule has 2 heterocycles. The zero-order valence-electron chi connectivity index (χ0n) is 9.67. The first-order valence-electron chi connectivity index (χ1n) is 5.53. The maximum atomic E-state index is 10.6. The molecule has 4 heteroatoms. The number of carbonyl (C=O) groups is 1. The third-order valence-corrected chi connectivity index (χ3v) is 2.50. The number of furan rings is 1. The molecular formula is C13H14N2O2. The molecule has 0 aliphatic carbocycles. The van der Waals surface area contributed by atoms with Crippen LogP contribution in [-0.4, -0.2) is 17.8 Å². The molecule has 0 atom stereocenters. The molecule has 0 saturated heterocycles. The second-order valence-electron chi connectivity index (χ2n) is 3.63. The highest BCUT2D eigenvalue weighted by Gasteiger charge is 2.10. The van der Waals surface area contributed by atoms with Gasteiger partial charge in [-0.2, -0.15) is 0 Å². The number of nitrogens with zero attached hydrogens (tertiary/aromatic N) is 2. The van der Waals surface area contributed by atoms with E-state index in [2.05, 4.69) is 4.98 Å². The summed E-state index contributed by atoms with van der Waals surface area (Å²) in [5, 5.41) is 0. The fourth-order valence-corrected chi connectivity index (χ4v) is 1.61. The molecule has 2 aromatic heterocycles. The van der Waals surface area contributed by atoms with Gasteiger partial charge in [-0.25, -0.2) is 0 Å². The summed E-state index contributed by atoms with van der Waals surface area (Å²) in [6.07, 6.45) is 2.47. The lowest BCUT2D eigenvalue weighted by Gasteiger charge is -2.19. The Morgan fingerprint density at radius 1 is 1.35 bits per heavy atom. The third kappa shape index (κ3) is 2.72. The Balaban J connectivity index is 2.14. The molecule has 0 spiro atoms. The molecule has 2 rings (SSSR count). The van der Waals surface area contributed by atoms with Crippen LogP contribution in [0.5, 0.6) is 0 Å². The number of pyridine rings is 1. The van der Waals surface area contributed by atoms with E-state index < -0.39 is 0 Å². The number of aldehydes is 1. The molecule has 0 aliphatic heterocycles. The highest BCUT2D eigenvalue weighted by Crippen LogP contribution is 2.19. The molecular weight excluding hydrogens is 216 g/mol. The van der Waals surface area contributed by atoms with E-state index in [0.29, 0.717) is 24.5 Å². The van der Waals surface area contributed by atoms with Crippen LogP contribution in [0.15, 0.2) is 40.9 Å². The Labute approximate surface area is 99.9 Å². The molecule has 88 valence electrons. The lowest BCUT2D eigenvalue weighted by Crippen LogP contribution is -2.21. The Morgan fingerprint density at radius 2 is 2.24 bits per heavy atom. The van der Waals surface area contributed by atoms with E-state index >= 15 is 0 Å². The van der Waals surface area contributed by atoms with E-state index in [9.17, 15) is 4.79 Å². The van der Waals surface area contributed by atoms with Gasteiger partial charge in [0.15, 0.2) is 17.9 Å². The van der Waals surface area contributed by atoms with Gasteiger partial charge in [0.05, 0.1) is 12.2 Å². The maximum absolute atomic E-state index is 10.6. The average molecular weight is 230 g/mol. The van der Waals surface area contributed by atoms with Crippen LogP contribution in [0.25, 0.3) is 0 Å². The standard InChI is InChI=1S/C13H14N2O2/c1-2-15(9-11-5-3-4-8-14-11)13-7-6-12(10-16)17-13/h3-8,10H,2,9H2,1H3. The summed E-state index contributed by atoms with van der Waals surface area (Å²) >= 11 is 0. The number of hydrogen-bond acceptors (Lipinski definition) is 4. The van der Waals surface area contributed by atoms with Crippen LogP contribution in [0.2, 0.25) is 0 Å². The van der Waals surface area contributed by atoms with Crippen molar-refractivity contribution in [1.29, 1.82) is 0 Å². The number of anilines is 1. The number of rotatable bonds is 5. The molecule has 0 unspecified atom stereocenters. The van der Waals surface area contributed by atoms with E-state index in [-0.39, 0.29) is 0 Å². The van der Waals surface area contributed by atoms with Gasteiger partial charge in [0, 0.05) is 18.8 Å². The van der Waals surface area contributed by atoms with E-state index in [1.54, 1.807) is 18.3 Å². The minimum atomic E-state index is 0.347. The van der Waals surface area contributed by atoms with Crippen molar-refractivity contribution in [2.75, 3.05) is 11.4 Å². The van der Waals surface area contributed by atoms with Crippen molar-refractivity contribution in [1.82, 2.24) is 4.98 Å². The third-order valence-electron chi connectivity index (χ3n) is 2.50. The van der Waals surface area contributed by atoms with E-state index in [0.717, 1.165) is 12.2 Å². The predicted molar refractivity (Wildman–Crippen MR) is 65.1 cm³/mol. The van der Waals surface area contributed by atoms with Gasteiger partial charge in [-0.1, -0.05) is 6.07 Å². The van der Waals surface area contributed by atoms with E-state index in [1.807, 2.05) is 30.0 Å². The molecule has 0 amide bonds. The fraction of sp³-hybridized carbons (Fsp3) is 0.231. The van der Waals surface area contributed by atoms with Crippen LogP contribution in [0, 0.1) is 0 Å². The quantitative estimate of drug-likeness (QED) is 0.740. The molecule has 4 nitrogen and oxygen atoms in total. The molecule has 0 N–H and O–H groups in total. The van der Waals surface area contributed by atoms with Crippen molar-refractivity contribution in [2.24, 2.45) is 0 Å². The number of aromatic nitrogens is 1. The molecule has 0 aliphatic rings. The Bertz CT molecular complexity index is 479. The first kappa shape index (κ1) is 11.4. The fourth-order valence-electron chi connectivity index (χ4n) is 1.61. The van der Waals surface area contributed by atoms with Gasteiger partial charge in [0.25, 0.3) is 0 Å². The van der Waals surface area contributed by atoms with Gasteiger partial charge >= 0.3 is 0 Å². The summed E-state index contributed by atoms with van der Waals surface area (Å²) in [4.78, 5) is 16.9. The number of hydrogen-bond donors (Lipinski definition) is 0. The summed E-state index contributed by atoms with van der Waals surface area (Å²) in [6.45, 7) is 3.50. The summed E-state index contributed by atoms with van der Waals surface area (Å²) in [6, 6.07) is 9.28. The second-order valence-corrected chi connectivity index (χ2v) is 3.63. The molecule has 0 saturated carbocycles. The Kier molecular flexibility index (Phi) is 3.55. The zero-order valence-corrected chi connectivity index (χ0v) is 9.67. The highest BCUT2D eigenvalue weighted by molar-refractivity contribution is 5.71. The molecule has 0 bridgehead atoms. The molecule has 0 radical (unpaired) electrons. The highest BCUT2D eigenvalue weighted by atomic mass is 16.4. The van der Waals surface area contributed by atoms with Crippen LogP contribution in [0.1, 0.15) is 23.2 Å². The van der Waals surface area contributed by atoms with Crippen LogP contribution in [-0.2, 0) is 6.54 Å². The smallest absolute Gasteiger partial charge is 0.196 e. The lowest BCUT2D eigenvalue weighted by molar-refractivity contribution is 0.110. The Hall–Kier alpha value is -2.10. The Morgan fingerprint density at radius 3 is 2.82 bits per heavy atom. The topological polar surface area (TPSA) is 46.3 Å². The molecule has 0 fully saturated rings. The SMILES string of the molecule is CCN(Cc1ccccn1)c1ccc(C=O)o1. The van der Waals surface area contributed by atoms with Gasteiger partial charge in [0.1, 0.15) is 0 Å². The van der Waals surface area contributed by atoms with Crippen LogP contribution >= 0.6 is 0 Å². The largest absolute Gasteiger partial charge is 0.438 e. The minimum Gasteiger partial charge on any atom is -0.438 e. The van der Waals surface area contributed by atoms with Crippen LogP contribution in [0.3, 0.4) is 0 Å². The van der Waals surface area contributed by atoms with E-state index in [4.69, 9.17) is 4.42 Å². The summed E-state index contributed by atoms with van der Waals surface area (Å²) < 4.78 is 5.39. The first-order chi connectivity index (χ1) is 8.33. The van der Waals surface area contributed by atoms with Gasteiger partial charge in [0.2, 0.25) is 0 Å². The van der Waals surface area contributed by atoms with Gasteiger partial charge in [-0.05, 0) is 25.1 Å². The zero-order chi connectivity index (χ0) is 12.1.